The van der Waals surface area contributed by atoms with Gasteiger partial charge in [-0.1, -0.05) is 85.6 Å². The third-order valence-corrected chi connectivity index (χ3v) is 9.34. The molecule has 1 unspecified atom stereocenters. The maximum atomic E-state index is 13.8. The number of nitrogens with one attached hydrogen (secondary N) is 2. The molecule has 0 spiro atoms. The highest BCUT2D eigenvalue weighted by Gasteiger charge is 2.26. The summed E-state index contributed by atoms with van der Waals surface area (Å²) in [6.45, 7) is 3.84. The highest BCUT2D eigenvalue weighted by molar-refractivity contribution is 7.92. The topological polar surface area (TPSA) is 167 Å². The summed E-state index contributed by atoms with van der Waals surface area (Å²) in [7, 11) is -2.39. The summed E-state index contributed by atoms with van der Waals surface area (Å²) in [6, 6.07) is 21.7. The van der Waals surface area contributed by atoms with E-state index in [0.717, 1.165) is 34.5 Å². The van der Waals surface area contributed by atoms with Crippen LogP contribution in [0.25, 0.3) is 0 Å². The second-order valence-corrected chi connectivity index (χ2v) is 14.0. The van der Waals surface area contributed by atoms with E-state index < -0.39 is 40.1 Å². The number of benzene rings is 3. The molecule has 4 rings (SSSR count). The average molecular weight is 677 g/mol. The maximum Gasteiger partial charge on any atom is 0.251 e. The molecule has 3 aromatic carbocycles. The molecule has 4 aromatic rings. The Morgan fingerprint density at radius 2 is 1.54 bits per heavy atom. The summed E-state index contributed by atoms with van der Waals surface area (Å²) < 4.78 is 27.3. The summed E-state index contributed by atoms with van der Waals surface area (Å²) in [6.07, 6.45) is 3.28. The van der Waals surface area contributed by atoms with E-state index in [4.69, 9.17) is 0 Å². The van der Waals surface area contributed by atoms with Crippen LogP contribution in [0.4, 0.5) is 5.69 Å². The third kappa shape index (κ3) is 9.96. The standard InChI is InChI=1S/C35H44N6O6S/c1-5-6-17-32(42)31-22-41(39-38-31)23-33(43)30(18-25-13-9-7-10-14-25)37-35(45)28-19-27(20-29(21-28)40(3)48(4,46)47)34(44)36-24(2)26-15-11-8-12-16-26/h7-16,19-22,24,30,32-33,42-43H,5-6,17-18,23H2,1-4H3,(H,36,44)(H,37,45)/t24-,30+,32?,33+/m1/s1. The monoisotopic (exact) mass is 676 g/mol. The van der Waals surface area contributed by atoms with Crippen molar-refractivity contribution in [3.8, 4) is 0 Å². The van der Waals surface area contributed by atoms with Crippen molar-refractivity contribution in [1.29, 1.82) is 0 Å². The molecule has 1 heterocycles. The average Bonchev–Trinajstić information content (AvgIpc) is 3.55. The molecule has 0 saturated heterocycles. The Kier molecular flexibility index (Phi) is 12.5. The van der Waals surface area contributed by atoms with E-state index >= 15 is 0 Å². The van der Waals surface area contributed by atoms with Gasteiger partial charge >= 0.3 is 0 Å². The lowest BCUT2D eigenvalue weighted by atomic mass is 10.00. The van der Waals surface area contributed by atoms with Crippen molar-refractivity contribution in [1.82, 2.24) is 25.6 Å². The molecule has 256 valence electrons. The van der Waals surface area contributed by atoms with E-state index in [0.29, 0.717) is 12.1 Å². The zero-order valence-electron chi connectivity index (χ0n) is 27.7. The quantitative estimate of drug-likeness (QED) is 0.139. The summed E-state index contributed by atoms with van der Waals surface area (Å²) in [5.74, 6) is -1.11. The van der Waals surface area contributed by atoms with Gasteiger partial charge in [-0.3, -0.25) is 13.9 Å². The molecular weight excluding hydrogens is 632 g/mol. The number of aliphatic hydroxyl groups is 2. The molecule has 0 fully saturated rings. The van der Waals surface area contributed by atoms with Gasteiger partial charge in [0.2, 0.25) is 10.0 Å². The van der Waals surface area contributed by atoms with Gasteiger partial charge in [-0.05, 0) is 49.1 Å². The molecule has 0 radical (unpaired) electrons. The summed E-state index contributed by atoms with van der Waals surface area (Å²) in [5, 5.41) is 35.8. The van der Waals surface area contributed by atoms with Crippen molar-refractivity contribution < 1.29 is 28.2 Å². The summed E-state index contributed by atoms with van der Waals surface area (Å²) in [4.78, 5) is 27.3. The lowest BCUT2D eigenvalue weighted by Crippen LogP contribution is -2.46. The number of hydrogen-bond acceptors (Lipinski definition) is 8. The van der Waals surface area contributed by atoms with E-state index in [-0.39, 0.29) is 35.8 Å². The lowest BCUT2D eigenvalue weighted by molar-refractivity contribution is 0.0778. The number of nitrogens with zero attached hydrogens (tertiary/aromatic N) is 4. The van der Waals surface area contributed by atoms with E-state index in [2.05, 4.69) is 20.9 Å². The minimum Gasteiger partial charge on any atom is -0.389 e. The van der Waals surface area contributed by atoms with Gasteiger partial charge in [0.25, 0.3) is 11.8 Å². The number of anilines is 1. The third-order valence-electron chi connectivity index (χ3n) is 8.13. The van der Waals surface area contributed by atoms with Crippen molar-refractivity contribution in [3.05, 3.63) is 113 Å². The fourth-order valence-corrected chi connectivity index (χ4v) is 5.66. The van der Waals surface area contributed by atoms with Gasteiger partial charge in [-0.15, -0.1) is 5.10 Å². The number of hydrogen-bond donors (Lipinski definition) is 4. The second-order valence-electron chi connectivity index (χ2n) is 12.0. The molecule has 13 heteroatoms. The Balaban J connectivity index is 1.61. The maximum absolute atomic E-state index is 13.8. The van der Waals surface area contributed by atoms with E-state index in [1.165, 1.54) is 29.9 Å². The number of carbonyl (C=O) groups is 2. The molecule has 2 amide bonds. The SMILES string of the molecule is CCCCC(O)c1cn(C[C@H](O)[C@H](Cc2ccccc2)NC(=O)c2cc(C(=O)N[C@H](C)c3ccccc3)cc(N(C)S(C)(=O)=O)c2)nn1. The Bertz CT molecular complexity index is 1770. The molecule has 48 heavy (non-hydrogen) atoms. The normalized spacial score (nSPS) is 14.0. The van der Waals surface area contributed by atoms with Crippen LogP contribution in [0.3, 0.4) is 0 Å². The molecule has 0 aliphatic carbocycles. The number of sulfonamides is 1. The highest BCUT2D eigenvalue weighted by atomic mass is 32.2. The molecule has 0 bridgehead atoms. The molecular formula is C35H44N6O6S. The van der Waals surface area contributed by atoms with Crippen LogP contribution in [0.15, 0.2) is 85.1 Å². The number of rotatable bonds is 16. The van der Waals surface area contributed by atoms with Crippen molar-refractivity contribution in [2.75, 3.05) is 17.6 Å². The Labute approximate surface area is 281 Å². The predicted molar refractivity (Wildman–Crippen MR) is 184 cm³/mol. The minimum atomic E-state index is -3.73. The predicted octanol–water partition coefficient (Wildman–Crippen LogP) is 3.79. The minimum absolute atomic E-state index is 0.0207. The highest BCUT2D eigenvalue weighted by Crippen LogP contribution is 2.23. The first-order chi connectivity index (χ1) is 22.8. The molecule has 4 atom stereocenters. The van der Waals surface area contributed by atoms with Crippen LogP contribution < -0.4 is 14.9 Å². The van der Waals surface area contributed by atoms with Gasteiger partial charge in [-0.2, -0.15) is 0 Å². The summed E-state index contributed by atoms with van der Waals surface area (Å²) >= 11 is 0. The fourth-order valence-electron chi connectivity index (χ4n) is 5.17. The van der Waals surface area contributed by atoms with Crippen molar-refractivity contribution in [3.63, 3.8) is 0 Å². The first-order valence-electron chi connectivity index (χ1n) is 15.9. The van der Waals surface area contributed by atoms with Crippen LogP contribution in [-0.4, -0.2) is 70.9 Å². The van der Waals surface area contributed by atoms with Gasteiger partial charge in [0.05, 0.1) is 49.0 Å². The first kappa shape index (κ1) is 36.2. The number of aromatic nitrogens is 3. The first-order valence-corrected chi connectivity index (χ1v) is 17.8. The largest absolute Gasteiger partial charge is 0.389 e. The van der Waals surface area contributed by atoms with Crippen LogP contribution in [0.2, 0.25) is 0 Å². The number of amides is 2. The van der Waals surface area contributed by atoms with Crippen LogP contribution >= 0.6 is 0 Å². The van der Waals surface area contributed by atoms with Gasteiger partial charge in [-0.25, -0.2) is 13.1 Å². The molecule has 0 saturated carbocycles. The molecule has 0 aliphatic rings. The smallest absolute Gasteiger partial charge is 0.251 e. The van der Waals surface area contributed by atoms with Crippen LogP contribution in [-0.2, 0) is 23.0 Å². The van der Waals surface area contributed by atoms with Gasteiger partial charge in [0.15, 0.2) is 0 Å². The van der Waals surface area contributed by atoms with Gasteiger partial charge in [0, 0.05) is 18.2 Å². The summed E-state index contributed by atoms with van der Waals surface area (Å²) in [5.41, 5.74) is 2.39. The Hall–Kier alpha value is -4.59. The molecule has 4 N–H and O–H groups in total. The fraction of sp³-hybridized carbons (Fsp3) is 0.371. The van der Waals surface area contributed by atoms with Crippen molar-refractivity contribution in [2.24, 2.45) is 0 Å². The Morgan fingerprint density at radius 1 is 0.938 bits per heavy atom. The number of unbranched alkanes of at least 4 members (excludes halogenated alkanes) is 1. The van der Waals surface area contributed by atoms with Crippen LogP contribution in [0.1, 0.15) is 82.8 Å². The molecule has 12 nitrogen and oxygen atoms in total. The Morgan fingerprint density at radius 3 is 2.15 bits per heavy atom. The van der Waals surface area contributed by atoms with Gasteiger partial charge < -0.3 is 20.8 Å². The van der Waals surface area contributed by atoms with E-state index in [1.54, 1.807) is 6.20 Å². The zero-order valence-corrected chi connectivity index (χ0v) is 28.5. The van der Waals surface area contributed by atoms with E-state index in [1.807, 2.05) is 74.5 Å². The van der Waals surface area contributed by atoms with Gasteiger partial charge in [0.1, 0.15) is 5.69 Å². The molecule has 0 aliphatic heterocycles. The van der Waals surface area contributed by atoms with E-state index in [9.17, 15) is 28.2 Å². The van der Waals surface area contributed by atoms with Crippen LogP contribution in [0.5, 0.6) is 0 Å². The van der Waals surface area contributed by atoms with Crippen LogP contribution in [0, 0.1) is 0 Å². The zero-order chi connectivity index (χ0) is 34.8. The number of carbonyl (C=O) groups excluding carboxylic acids is 2. The lowest BCUT2D eigenvalue weighted by Gasteiger charge is -2.25. The second kappa shape index (κ2) is 16.5. The molecule has 1 aromatic heterocycles. The van der Waals surface area contributed by atoms with Crippen molar-refractivity contribution >= 4 is 27.5 Å². The number of aliphatic hydroxyl groups excluding tert-OH is 2. The van der Waals surface area contributed by atoms with Crippen molar-refractivity contribution in [2.45, 2.75) is 70.4 Å².